The molecule has 0 aliphatic heterocycles. The minimum atomic E-state index is -5.67. The van der Waals surface area contributed by atoms with Crippen LogP contribution in [0.4, 0.5) is 70.2 Å². The second kappa shape index (κ2) is 34.2. The van der Waals surface area contributed by atoms with E-state index in [1.807, 2.05) is 70.2 Å². The lowest BCUT2D eigenvalue weighted by atomic mass is 9.74. The maximum atomic E-state index is 18.6. The first-order chi connectivity index (χ1) is 59.1. The molecule has 0 bridgehead atoms. The Hall–Kier alpha value is -10.7. The quantitative estimate of drug-likeness (QED) is 0.0930. The van der Waals surface area contributed by atoms with E-state index in [1.54, 1.807) is 13.8 Å². The predicted octanol–water partition coefficient (Wildman–Crippen LogP) is 35.8. The van der Waals surface area contributed by atoms with E-state index in [2.05, 4.69) is 0 Å². The number of benzene rings is 15. The number of ether oxygens (including phenoxy) is 1. The van der Waals surface area contributed by atoms with Crippen molar-refractivity contribution in [1.82, 2.24) is 0 Å². The van der Waals surface area contributed by atoms with E-state index in [1.165, 1.54) is 62.6 Å². The molecule has 15 aromatic carbocycles. The lowest BCUT2D eigenvalue weighted by molar-refractivity contribution is -0.141. The van der Waals surface area contributed by atoms with Gasteiger partial charge in [0.25, 0.3) is 0 Å². The predicted molar refractivity (Wildman–Crippen MR) is 472 cm³/mol. The minimum absolute atomic E-state index is 0.00812. The summed E-state index contributed by atoms with van der Waals surface area (Å²) < 4.78 is 273. The number of alkyl halides is 6. The molecule has 0 spiro atoms. The van der Waals surface area contributed by atoms with Crippen molar-refractivity contribution in [3.63, 3.8) is 0 Å². The zero-order valence-electron chi connectivity index (χ0n) is 66.1. The number of hydrogen-bond donors (Lipinski definition) is 0. The van der Waals surface area contributed by atoms with Crippen LogP contribution < -0.4 is 4.74 Å². The van der Waals surface area contributed by atoms with Crippen molar-refractivity contribution in [3.05, 3.63) is 355 Å². The van der Waals surface area contributed by atoms with Gasteiger partial charge < -0.3 is 4.74 Å². The highest BCUT2D eigenvalue weighted by atomic mass is 35.5. The minimum Gasteiger partial charge on any atom is -0.497 e. The molecule has 15 rings (SSSR count). The van der Waals surface area contributed by atoms with Gasteiger partial charge in [0.15, 0.2) is 11.6 Å². The van der Waals surface area contributed by atoms with Crippen LogP contribution in [-0.2, 0) is 12.4 Å². The third kappa shape index (κ3) is 15.8. The van der Waals surface area contributed by atoms with E-state index in [9.17, 15) is 0 Å². The summed E-state index contributed by atoms with van der Waals surface area (Å²) in [6.45, 7) is 12.5. The fourth-order valence-corrected chi connectivity index (χ4v) is 19.0. The van der Waals surface area contributed by atoms with Gasteiger partial charge in [-0.1, -0.05) is 190 Å². The molecule has 0 saturated heterocycles. The summed E-state index contributed by atoms with van der Waals surface area (Å²) in [5, 5.41) is -3.27. The van der Waals surface area contributed by atoms with Crippen molar-refractivity contribution in [3.8, 4) is 162 Å². The lowest BCUT2D eigenvalue weighted by Gasteiger charge is -2.29. The average Bonchev–Trinajstić information content (AvgIpc) is 0.709. The Bertz CT molecular complexity index is 7040. The highest BCUT2D eigenvalue weighted by Crippen LogP contribution is 2.61. The van der Waals surface area contributed by atoms with Gasteiger partial charge in [-0.25, -0.2) is 43.9 Å². The molecule has 0 unspecified atom stereocenters. The van der Waals surface area contributed by atoms with Gasteiger partial charge >= 0.3 is 12.4 Å². The summed E-state index contributed by atoms with van der Waals surface area (Å²) in [6, 6.07) is 38.4. The van der Waals surface area contributed by atoms with Crippen LogP contribution >= 0.6 is 92.8 Å². The number of aryl methyl sites for hydroxylation is 2. The van der Waals surface area contributed by atoms with E-state index in [4.69, 9.17) is 97.5 Å². The molecule has 0 aliphatic carbocycles. The highest BCUT2D eigenvalue weighted by molar-refractivity contribution is 6.48. The lowest BCUT2D eigenvalue weighted by Crippen LogP contribution is -2.16. The van der Waals surface area contributed by atoms with Gasteiger partial charge in [-0.15, -0.1) is 0 Å². The first kappa shape index (κ1) is 89.1. The van der Waals surface area contributed by atoms with E-state index in [0.29, 0.717) is 64.7 Å². The molecule has 125 heavy (non-hydrogen) atoms. The number of halogens is 24. The monoisotopic (exact) mass is 1860 g/mol. The molecule has 0 fully saturated rings. The van der Waals surface area contributed by atoms with Crippen molar-refractivity contribution in [2.24, 2.45) is 0 Å². The standard InChI is InChI=1S/C100H58Cl8F16O/c1-43-18-22-60(81-48(6)46(4)47(5)80(49(81)7)50-13-10-9-11-14-50)82(45(43)3)68-42-64(91(92-74(112)15-12-16-75(92)113)90(59-23-20-53(109)39-78(59)116)86(68)65-41-55(125-8)21-33-73(65)111)56-29-34-76(114)98(118)88(56)67-38-54(110)40-79(117)85(67)63-25-24-58(95(106)96(63)107)57-27-31-70(102)89(94(57)105)61-28-32-71(103)97(108)87(61)66-36-52(101)37-72(104)84(66)62-26-30-69(99(119,120)121)83(93(62)100(122,123)124)51-19-17-44(2)77(115)35-51/h9-42H,1-8H3. The van der Waals surface area contributed by atoms with Crippen LogP contribution in [0.2, 0.25) is 40.2 Å². The van der Waals surface area contributed by atoms with Crippen LogP contribution in [-0.4, -0.2) is 7.11 Å². The summed E-state index contributed by atoms with van der Waals surface area (Å²) in [5.74, 6) is -13.9. The fraction of sp³-hybridized carbons (Fsp3) is 0.100. The maximum absolute atomic E-state index is 18.6. The summed E-state index contributed by atoms with van der Waals surface area (Å²) in [6.07, 6.45) is -11.1. The Kier molecular flexibility index (Phi) is 24.4. The highest BCUT2D eigenvalue weighted by Gasteiger charge is 2.45. The molecule has 0 atom stereocenters. The van der Waals surface area contributed by atoms with E-state index in [-0.39, 0.29) is 75.9 Å². The van der Waals surface area contributed by atoms with Crippen LogP contribution in [0.3, 0.4) is 0 Å². The third-order valence-corrected chi connectivity index (χ3v) is 25.7. The van der Waals surface area contributed by atoms with Crippen LogP contribution in [0, 0.1) is 107 Å². The Morgan fingerprint density at radius 3 is 1.50 bits per heavy atom. The summed E-state index contributed by atoms with van der Waals surface area (Å²) in [5.41, 5.74) is -9.79. The third-order valence-electron chi connectivity index (χ3n) is 22.8. The van der Waals surface area contributed by atoms with Crippen molar-refractivity contribution in [2.45, 2.75) is 60.8 Å². The SMILES string of the molecule is COc1ccc(F)c(-c2c(-c3c(-c4c(C)c(C)c(C)c(-c5ccccc5)c4C)ccc(C)c3C)cc(-c3ccc(F)c(F)c3-c3cc(F)cc(F)c3-c3ccc(-c4ccc(Cl)c(-c5ccc(Cl)c(Cl)c5-c5cc(Cl)cc(Cl)c5-c5ccc(C(F)(F)F)c(-c6ccc(C)c(F)c6)c5C(F)(F)F)c4Cl)c(Cl)c3Cl)c(-c3c(F)cccc3F)c2-c2ccc(F)cc2F)c1. The Labute approximate surface area is 746 Å². The van der Waals surface area contributed by atoms with Gasteiger partial charge in [0, 0.05) is 100 Å². The molecule has 0 N–H and O–H groups in total. The van der Waals surface area contributed by atoms with Crippen molar-refractivity contribution < 1.29 is 75.0 Å². The van der Waals surface area contributed by atoms with Gasteiger partial charge in [0.05, 0.1) is 53.9 Å². The first-order valence-electron chi connectivity index (χ1n) is 37.9. The summed E-state index contributed by atoms with van der Waals surface area (Å²) in [7, 11) is 1.28. The van der Waals surface area contributed by atoms with Gasteiger partial charge in [-0.3, -0.25) is 0 Å². The van der Waals surface area contributed by atoms with E-state index in [0.717, 1.165) is 106 Å². The van der Waals surface area contributed by atoms with Crippen LogP contribution in [0.15, 0.2) is 206 Å². The topological polar surface area (TPSA) is 9.23 Å². The largest absolute Gasteiger partial charge is 0.497 e. The van der Waals surface area contributed by atoms with E-state index >= 15 is 70.2 Å². The molecule has 0 saturated carbocycles. The van der Waals surface area contributed by atoms with Gasteiger partial charge in [-0.2, -0.15) is 26.3 Å². The molecule has 632 valence electrons. The summed E-state index contributed by atoms with van der Waals surface area (Å²) in [4.78, 5) is 0. The van der Waals surface area contributed by atoms with Gasteiger partial charge in [0.2, 0.25) is 0 Å². The van der Waals surface area contributed by atoms with Crippen molar-refractivity contribution >= 4 is 92.8 Å². The summed E-state index contributed by atoms with van der Waals surface area (Å²) >= 11 is 57.1. The van der Waals surface area contributed by atoms with Crippen LogP contribution in [0.5, 0.6) is 5.75 Å². The Morgan fingerprint density at radius 2 is 0.824 bits per heavy atom. The van der Waals surface area contributed by atoms with Gasteiger partial charge in [-0.05, 0) is 257 Å². The molecular formula is C100H58Cl8F16O. The molecule has 25 heteroatoms. The van der Waals surface area contributed by atoms with Crippen LogP contribution in [0.25, 0.3) is 156 Å². The zero-order chi connectivity index (χ0) is 90.1. The van der Waals surface area contributed by atoms with Gasteiger partial charge in [0.1, 0.15) is 52.3 Å². The first-order valence-corrected chi connectivity index (χ1v) is 40.9. The molecule has 0 aromatic heterocycles. The zero-order valence-corrected chi connectivity index (χ0v) is 72.2. The molecule has 0 heterocycles. The van der Waals surface area contributed by atoms with Crippen molar-refractivity contribution in [2.75, 3.05) is 7.11 Å². The molecule has 15 aromatic rings. The molecule has 1 nitrogen and oxygen atoms in total. The number of methoxy groups -OCH3 is 1. The number of rotatable bonds is 15. The maximum Gasteiger partial charge on any atom is 0.417 e. The fourth-order valence-electron chi connectivity index (χ4n) is 16.8. The molecule has 0 radical (unpaired) electrons. The Balaban J connectivity index is 0.996. The van der Waals surface area contributed by atoms with Crippen LogP contribution in [0.1, 0.15) is 50.1 Å². The smallest absolute Gasteiger partial charge is 0.417 e. The molecular weight excluding hydrogens is 1800 g/mol. The number of hydrogen-bond acceptors (Lipinski definition) is 1. The second-order valence-corrected chi connectivity index (χ2v) is 33.0. The molecule has 0 amide bonds. The van der Waals surface area contributed by atoms with Crippen molar-refractivity contribution in [1.29, 1.82) is 0 Å². The average molecular weight is 1860 g/mol. The molecule has 0 aliphatic rings. The normalized spacial score (nSPS) is 11.8. The second-order valence-electron chi connectivity index (χ2n) is 29.8. The van der Waals surface area contributed by atoms with E-state index < -0.39 is 191 Å². The Morgan fingerprint density at radius 1 is 0.248 bits per heavy atom.